The van der Waals surface area contributed by atoms with Gasteiger partial charge in [0.05, 0.1) is 10.8 Å². The second-order valence-corrected chi connectivity index (χ2v) is 8.90. The van der Waals surface area contributed by atoms with Gasteiger partial charge in [0, 0.05) is 12.8 Å². The Kier molecular flexibility index (Phi) is 12.2. The summed E-state index contributed by atoms with van der Waals surface area (Å²) < 4.78 is 19.5. The monoisotopic (exact) mass is 416 g/mol. The molecule has 8 heteroatoms. The van der Waals surface area contributed by atoms with Crippen molar-refractivity contribution in [2.75, 3.05) is 13.6 Å². The first-order chi connectivity index (χ1) is 13.3. The highest BCUT2D eigenvalue weighted by atomic mass is 16.7. The molecule has 0 heterocycles. The van der Waals surface area contributed by atoms with Crippen LogP contribution in [0.15, 0.2) is 0 Å². The molecule has 0 atom stereocenters. The number of hydrogen-bond acceptors (Lipinski definition) is 8. The Balaban J connectivity index is 3.58. The maximum atomic E-state index is 11.6. The Morgan fingerprint density at radius 3 is 1.14 bits per heavy atom. The molecular formula is C21H36O8. The zero-order valence-corrected chi connectivity index (χ0v) is 18.6. The van der Waals surface area contributed by atoms with Gasteiger partial charge in [-0.15, -0.1) is 0 Å². The van der Waals surface area contributed by atoms with Crippen molar-refractivity contribution in [3.05, 3.63) is 0 Å². The van der Waals surface area contributed by atoms with E-state index in [1.807, 2.05) is 0 Å². The van der Waals surface area contributed by atoms with E-state index in [-0.39, 0.29) is 26.4 Å². The third kappa shape index (κ3) is 14.5. The molecule has 0 saturated heterocycles. The molecule has 0 saturated carbocycles. The number of ether oxygens (including phenoxy) is 4. The molecule has 0 amide bonds. The van der Waals surface area contributed by atoms with Crippen molar-refractivity contribution in [1.82, 2.24) is 0 Å². The fourth-order valence-corrected chi connectivity index (χ4v) is 1.94. The van der Waals surface area contributed by atoms with E-state index in [0.29, 0.717) is 12.8 Å². The van der Waals surface area contributed by atoms with Crippen LogP contribution in [0.2, 0.25) is 0 Å². The fourth-order valence-electron chi connectivity index (χ4n) is 1.94. The molecule has 0 aliphatic carbocycles. The molecule has 0 spiro atoms. The third-order valence-electron chi connectivity index (χ3n) is 3.81. The zero-order chi connectivity index (χ0) is 22.5. The van der Waals surface area contributed by atoms with Crippen LogP contribution in [0, 0.1) is 10.8 Å². The van der Waals surface area contributed by atoms with Crippen LogP contribution in [-0.2, 0) is 38.1 Å². The molecule has 0 aromatic carbocycles. The quantitative estimate of drug-likeness (QED) is 0.268. The summed E-state index contributed by atoms with van der Waals surface area (Å²) in [4.78, 5) is 46.1. The maximum absolute atomic E-state index is 11.6. The average Bonchev–Trinajstić information content (AvgIpc) is 2.59. The Morgan fingerprint density at radius 1 is 0.517 bits per heavy atom. The highest BCUT2D eigenvalue weighted by molar-refractivity contribution is 5.76. The van der Waals surface area contributed by atoms with Gasteiger partial charge < -0.3 is 18.9 Å². The smallest absolute Gasteiger partial charge is 0.314 e. The molecule has 0 bridgehead atoms. The van der Waals surface area contributed by atoms with Crippen molar-refractivity contribution in [2.45, 2.75) is 86.5 Å². The normalized spacial score (nSPS) is 11.5. The lowest BCUT2D eigenvalue weighted by atomic mass is 9.97. The molecule has 0 N–H and O–H groups in total. The molecule has 0 aliphatic rings. The standard InChI is InChI=1S/C21H36O8/c1-20(2,3)18(24)28-14-26-16(22)12-10-8-7-9-11-13-17(23)27-15-29-19(25)21(4,5)6/h7-15H2,1-6H3. The van der Waals surface area contributed by atoms with Gasteiger partial charge in [-0.2, -0.15) is 0 Å². The van der Waals surface area contributed by atoms with Gasteiger partial charge in [0.25, 0.3) is 0 Å². The predicted octanol–water partition coefficient (Wildman–Crippen LogP) is 3.90. The molecule has 0 aliphatic heterocycles. The van der Waals surface area contributed by atoms with Crippen molar-refractivity contribution < 1.29 is 38.1 Å². The first kappa shape index (κ1) is 26.9. The largest absolute Gasteiger partial charge is 0.428 e. The molecule has 29 heavy (non-hydrogen) atoms. The Morgan fingerprint density at radius 2 is 0.828 bits per heavy atom. The SMILES string of the molecule is CC(C)(C)C(=O)OCOC(=O)CCCCCCCC(=O)OCOC(=O)C(C)(C)C. The lowest BCUT2D eigenvalue weighted by molar-refractivity contribution is -0.174. The lowest BCUT2D eigenvalue weighted by Crippen LogP contribution is -2.24. The van der Waals surface area contributed by atoms with Gasteiger partial charge >= 0.3 is 23.9 Å². The van der Waals surface area contributed by atoms with E-state index in [1.165, 1.54) is 0 Å². The van der Waals surface area contributed by atoms with Gasteiger partial charge in [-0.1, -0.05) is 19.3 Å². The van der Waals surface area contributed by atoms with Crippen LogP contribution in [0.5, 0.6) is 0 Å². The number of hydrogen-bond donors (Lipinski definition) is 0. The van der Waals surface area contributed by atoms with Gasteiger partial charge in [-0.25, -0.2) is 0 Å². The molecule has 0 aromatic rings. The van der Waals surface area contributed by atoms with E-state index in [2.05, 4.69) is 0 Å². The van der Waals surface area contributed by atoms with Crippen LogP contribution < -0.4 is 0 Å². The molecule has 0 aromatic heterocycles. The summed E-state index contributed by atoms with van der Waals surface area (Å²) in [6.07, 6.45) is 4.38. The average molecular weight is 417 g/mol. The minimum atomic E-state index is -0.629. The first-order valence-electron chi connectivity index (χ1n) is 9.99. The first-order valence-corrected chi connectivity index (χ1v) is 9.99. The minimum absolute atomic E-state index is 0.258. The second-order valence-electron chi connectivity index (χ2n) is 8.90. The van der Waals surface area contributed by atoms with Crippen LogP contribution >= 0.6 is 0 Å². The number of unbranched alkanes of at least 4 members (excludes halogenated alkanes) is 4. The number of carbonyl (C=O) groups is 4. The van der Waals surface area contributed by atoms with Crippen molar-refractivity contribution >= 4 is 23.9 Å². The number of rotatable bonds is 12. The highest BCUT2D eigenvalue weighted by Gasteiger charge is 2.24. The van der Waals surface area contributed by atoms with Gasteiger partial charge in [-0.3, -0.25) is 19.2 Å². The molecule has 0 radical (unpaired) electrons. The molecule has 0 rings (SSSR count). The van der Waals surface area contributed by atoms with Crippen LogP contribution in [0.1, 0.15) is 86.5 Å². The summed E-state index contributed by atoms with van der Waals surface area (Å²) in [6, 6.07) is 0. The summed E-state index contributed by atoms with van der Waals surface area (Å²) in [5.74, 6) is -1.65. The summed E-state index contributed by atoms with van der Waals surface area (Å²) in [7, 11) is 0. The molecule has 168 valence electrons. The van der Waals surface area contributed by atoms with E-state index >= 15 is 0 Å². The Labute approximate surface area is 173 Å². The summed E-state index contributed by atoms with van der Waals surface area (Å²) in [5.41, 5.74) is -1.26. The van der Waals surface area contributed by atoms with Gasteiger partial charge in [0.1, 0.15) is 0 Å². The number of carbonyl (C=O) groups excluding carboxylic acids is 4. The minimum Gasteiger partial charge on any atom is -0.428 e. The van der Waals surface area contributed by atoms with Crippen molar-refractivity contribution in [2.24, 2.45) is 10.8 Å². The molecule has 0 fully saturated rings. The second kappa shape index (κ2) is 13.2. The maximum Gasteiger partial charge on any atom is 0.314 e. The van der Waals surface area contributed by atoms with E-state index in [1.54, 1.807) is 41.5 Å². The van der Waals surface area contributed by atoms with Crippen molar-refractivity contribution in [3.63, 3.8) is 0 Å². The van der Waals surface area contributed by atoms with E-state index in [9.17, 15) is 19.2 Å². The fraction of sp³-hybridized carbons (Fsp3) is 0.810. The zero-order valence-electron chi connectivity index (χ0n) is 18.6. The Hall–Kier alpha value is -2.12. The van der Waals surface area contributed by atoms with E-state index in [4.69, 9.17) is 18.9 Å². The van der Waals surface area contributed by atoms with Crippen molar-refractivity contribution in [1.29, 1.82) is 0 Å². The highest BCUT2D eigenvalue weighted by Crippen LogP contribution is 2.16. The van der Waals surface area contributed by atoms with Gasteiger partial charge in [0.2, 0.25) is 13.6 Å². The number of esters is 4. The van der Waals surface area contributed by atoms with Crippen molar-refractivity contribution in [3.8, 4) is 0 Å². The lowest BCUT2D eigenvalue weighted by Gasteiger charge is -2.16. The molecule has 0 unspecified atom stereocenters. The Bertz CT molecular complexity index is 492. The van der Waals surface area contributed by atoms with Crippen LogP contribution in [0.25, 0.3) is 0 Å². The van der Waals surface area contributed by atoms with Gasteiger partial charge in [0.15, 0.2) is 0 Å². The van der Waals surface area contributed by atoms with Crippen LogP contribution in [0.4, 0.5) is 0 Å². The molecule has 8 nitrogen and oxygen atoms in total. The van der Waals surface area contributed by atoms with Gasteiger partial charge in [-0.05, 0) is 54.4 Å². The van der Waals surface area contributed by atoms with E-state index in [0.717, 1.165) is 19.3 Å². The third-order valence-corrected chi connectivity index (χ3v) is 3.81. The van der Waals surface area contributed by atoms with E-state index < -0.39 is 34.7 Å². The summed E-state index contributed by atoms with van der Waals surface area (Å²) in [5, 5.41) is 0. The van der Waals surface area contributed by atoms with Crippen LogP contribution in [-0.4, -0.2) is 37.5 Å². The molecular weight excluding hydrogens is 380 g/mol. The topological polar surface area (TPSA) is 105 Å². The summed E-state index contributed by atoms with van der Waals surface area (Å²) in [6.45, 7) is 9.61. The predicted molar refractivity (Wildman–Crippen MR) is 105 cm³/mol. The van der Waals surface area contributed by atoms with Crippen LogP contribution in [0.3, 0.4) is 0 Å². The summed E-state index contributed by atoms with van der Waals surface area (Å²) >= 11 is 0.